The molecule has 2 heterocycles. The summed E-state index contributed by atoms with van der Waals surface area (Å²) in [7, 11) is 0. The molecule has 0 aliphatic carbocycles. The number of hydrogen-bond acceptors (Lipinski definition) is 5. The summed E-state index contributed by atoms with van der Waals surface area (Å²) in [5.41, 5.74) is 0.688. The lowest BCUT2D eigenvalue weighted by Gasteiger charge is -2.12. The molecule has 0 unspecified atom stereocenters. The largest absolute Gasteiger partial charge is 0.468 e. The SMILES string of the molecule is O=C(/C=C/c1ccc(Oc2cccnc2)c(F)c1)NCc1cccnc1OCC(F)(F)F. The molecule has 0 radical (unpaired) electrons. The number of ether oxygens (including phenoxy) is 2. The smallest absolute Gasteiger partial charge is 0.422 e. The molecule has 0 saturated carbocycles. The van der Waals surface area contributed by atoms with Crippen molar-refractivity contribution in [1.82, 2.24) is 15.3 Å². The topological polar surface area (TPSA) is 73.3 Å². The lowest BCUT2D eigenvalue weighted by atomic mass is 10.2. The van der Waals surface area contributed by atoms with Crippen molar-refractivity contribution in [3.63, 3.8) is 0 Å². The van der Waals surface area contributed by atoms with Crippen LogP contribution in [0, 0.1) is 5.82 Å². The molecule has 6 nitrogen and oxygen atoms in total. The summed E-state index contributed by atoms with van der Waals surface area (Å²) in [6, 6.07) is 10.4. The first kappa shape index (κ1) is 22.7. The zero-order valence-corrected chi connectivity index (χ0v) is 16.5. The fourth-order valence-corrected chi connectivity index (χ4v) is 2.49. The molecule has 0 aliphatic heterocycles. The molecule has 0 atom stereocenters. The number of nitrogens with one attached hydrogen (secondary N) is 1. The van der Waals surface area contributed by atoms with Crippen molar-refractivity contribution in [2.24, 2.45) is 0 Å². The molecule has 0 aliphatic rings. The lowest BCUT2D eigenvalue weighted by molar-refractivity contribution is -0.154. The van der Waals surface area contributed by atoms with E-state index in [1.807, 2.05) is 0 Å². The van der Waals surface area contributed by atoms with Crippen molar-refractivity contribution in [2.75, 3.05) is 6.61 Å². The monoisotopic (exact) mass is 447 g/mol. The average molecular weight is 447 g/mol. The normalized spacial score (nSPS) is 11.4. The fourth-order valence-electron chi connectivity index (χ4n) is 2.49. The first-order chi connectivity index (χ1) is 15.3. The van der Waals surface area contributed by atoms with E-state index in [0.717, 1.165) is 0 Å². The Morgan fingerprint density at radius 3 is 2.66 bits per heavy atom. The Morgan fingerprint density at radius 1 is 1.12 bits per heavy atom. The Morgan fingerprint density at radius 2 is 1.94 bits per heavy atom. The van der Waals surface area contributed by atoms with Gasteiger partial charge in [-0.2, -0.15) is 13.2 Å². The maximum atomic E-state index is 14.2. The summed E-state index contributed by atoms with van der Waals surface area (Å²) in [5, 5.41) is 2.51. The van der Waals surface area contributed by atoms with Crippen LogP contribution in [0.4, 0.5) is 17.6 Å². The number of aromatic nitrogens is 2. The molecule has 0 saturated heterocycles. The van der Waals surface area contributed by atoms with Crippen LogP contribution in [-0.2, 0) is 11.3 Å². The van der Waals surface area contributed by atoms with Crippen molar-refractivity contribution >= 4 is 12.0 Å². The van der Waals surface area contributed by atoms with E-state index in [-0.39, 0.29) is 23.7 Å². The molecule has 0 bridgehead atoms. The van der Waals surface area contributed by atoms with Gasteiger partial charge in [-0.05, 0) is 42.0 Å². The van der Waals surface area contributed by atoms with Crippen LogP contribution in [0.3, 0.4) is 0 Å². The third-order valence-corrected chi connectivity index (χ3v) is 3.92. The third-order valence-electron chi connectivity index (χ3n) is 3.92. The van der Waals surface area contributed by atoms with Crippen LogP contribution < -0.4 is 14.8 Å². The number of halogens is 4. The van der Waals surface area contributed by atoms with Crippen LogP contribution in [-0.4, -0.2) is 28.7 Å². The van der Waals surface area contributed by atoms with E-state index in [4.69, 9.17) is 4.74 Å². The molecule has 32 heavy (non-hydrogen) atoms. The van der Waals surface area contributed by atoms with Crippen molar-refractivity contribution in [3.8, 4) is 17.4 Å². The Balaban J connectivity index is 1.56. The van der Waals surface area contributed by atoms with Crippen LogP contribution in [0.5, 0.6) is 17.4 Å². The highest BCUT2D eigenvalue weighted by molar-refractivity contribution is 5.91. The molecular formula is C22H17F4N3O3. The second-order valence-electron chi connectivity index (χ2n) is 6.40. The predicted octanol–water partition coefficient (Wildman–Crippen LogP) is 4.68. The maximum Gasteiger partial charge on any atom is 0.422 e. The first-order valence-corrected chi connectivity index (χ1v) is 9.27. The summed E-state index contributed by atoms with van der Waals surface area (Å²) < 4.78 is 61.3. The lowest BCUT2D eigenvalue weighted by Crippen LogP contribution is -2.23. The van der Waals surface area contributed by atoms with Crippen LogP contribution in [0.15, 0.2) is 67.1 Å². The van der Waals surface area contributed by atoms with Gasteiger partial charge >= 0.3 is 6.18 Å². The molecule has 1 aromatic carbocycles. The predicted molar refractivity (Wildman–Crippen MR) is 107 cm³/mol. The van der Waals surface area contributed by atoms with E-state index in [1.54, 1.807) is 24.4 Å². The average Bonchev–Trinajstić information content (AvgIpc) is 2.77. The summed E-state index contributed by atoms with van der Waals surface area (Å²) in [4.78, 5) is 19.7. The minimum absolute atomic E-state index is 0.00238. The molecule has 0 spiro atoms. The number of nitrogens with zero attached hydrogens (tertiary/aromatic N) is 2. The van der Waals surface area contributed by atoms with Crippen LogP contribution in [0.2, 0.25) is 0 Å². The summed E-state index contributed by atoms with van der Waals surface area (Å²) in [5.74, 6) is -1.00. The second-order valence-corrected chi connectivity index (χ2v) is 6.40. The van der Waals surface area contributed by atoms with Crippen LogP contribution in [0.25, 0.3) is 6.08 Å². The zero-order chi connectivity index (χ0) is 23.0. The van der Waals surface area contributed by atoms with Crippen LogP contribution in [0.1, 0.15) is 11.1 Å². The number of hydrogen-bond donors (Lipinski definition) is 1. The Hall–Kier alpha value is -3.95. The van der Waals surface area contributed by atoms with E-state index >= 15 is 0 Å². The molecule has 166 valence electrons. The molecule has 10 heteroatoms. The minimum atomic E-state index is -4.51. The number of rotatable bonds is 8. The fraction of sp³-hybridized carbons (Fsp3) is 0.136. The highest BCUT2D eigenvalue weighted by Gasteiger charge is 2.29. The molecular weight excluding hydrogens is 430 g/mol. The van der Waals surface area contributed by atoms with Gasteiger partial charge in [-0.3, -0.25) is 9.78 Å². The third kappa shape index (κ3) is 7.08. The van der Waals surface area contributed by atoms with Gasteiger partial charge in [-0.1, -0.05) is 12.1 Å². The molecule has 3 rings (SSSR count). The number of alkyl halides is 3. The highest BCUT2D eigenvalue weighted by atomic mass is 19.4. The summed E-state index contributed by atoms with van der Waals surface area (Å²) >= 11 is 0. The highest BCUT2D eigenvalue weighted by Crippen LogP contribution is 2.25. The number of amides is 1. The van der Waals surface area contributed by atoms with Crippen molar-refractivity contribution in [1.29, 1.82) is 0 Å². The molecule has 0 fully saturated rings. The number of carbonyl (C=O) groups excluding carboxylic acids is 1. The minimum Gasteiger partial charge on any atom is -0.468 e. The quantitative estimate of drug-likeness (QED) is 0.401. The first-order valence-electron chi connectivity index (χ1n) is 9.27. The van der Waals surface area contributed by atoms with E-state index in [0.29, 0.717) is 11.3 Å². The Labute approximate surface area is 180 Å². The van der Waals surface area contributed by atoms with Gasteiger partial charge in [0.1, 0.15) is 5.75 Å². The molecule has 1 amide bonds. The standard InChI is InChI=1S/C22H17F4N3O3/c23-18-11-15(5-7-19(18)32-17-4-2-9-27-13-17)6-8-20(30)29-12-16-3-1-10-28-21(16)31-14-22(24,25)26/h1-11,13H,12,14H2,(H,29,30)/b8-6+. The number of pyridine rings is 2. The van der Waals surface area contributed by atoms with Gasteiger partial charge in [0.2, 0.25) is 11.8 Å². The molecule has 1 N–H and O–H groups in total. The molecule has 2 aromatic heterocycles. The van der Waals surface area contributed by atoms with E-state index in [1.165, 1.54) is 48.8 Å². The summed E-state index contributed by atoms with van der Waals surface area (Å²) in [6.07, 6.45) is 2.34. The van der Waals surface area contributed by atoms with Gasteiger partial charge in [0.05, 0.1) is 6.20 Å². The second kappa shape index (κ2) is 10.4. The summed E-state index contributed by atoms with van der Waals surface area (Å²) in [6.45, 7) is -1.59. The maximum absolute atomic E-state index is 14.2. The van der Waals surface area contributed by atoms with Gasteiger partial charge in [0.15, 0.2) is 18.2 Å². The van der Waals surface area contributed by atoms with Crippen molar-refractivity contribution in [3.05, 3.63) is 84.1 Å². The van der Waals surface area contributed by atoms with Gasteiger partial charge in [0.25, 0.3) is 0 Å². The van der Waals surface area contributed by atoms with E-state index in [9.17, 15) is 22.4 Å². The van der Waals surface area contributed by atoms with Crippen molar-refractivity contribution in [2.45, 2.75) is 12.7 Å². The van der Waals surface area contributed by atoms with Crippen LogP contribution >= 0.6 is 0 Å². The zero-order valence-electron chi connectivity index (χ0n) is 16.5. The number of benzene rings is 1. The molecule has 3 aromatic rings. The van der Waals surface area contributed by atoms with Gasteiger partial charge in [0, 0.05) is 30.6 Å². The Kier molecular flexibility index (Phi) is 7.37. The van der Waals surface area contributed by atoms with E-state index < -0.39 is 24.5 Å². The Bertz CT molecular complexity index is 1090. The number of carbonyl (C=O) groups is 1. The van der Waals surface area contributed by atoms with E-state index in [2.05, 4.69) is 20.0 Å². The van der Waals surface area contributed by atoms with Gasteiger partial charge < -0.3 is 14.8 Å². The van der Waals surface area contributed by atoms with Crippen molar-refractivity contribution < 1.29 is 31.8 Å². The van der Waals surface area contributed by atoms with Gasteiger partial charge in [-0.15, -0.1) is 0 Å². The van der Waals surface area contributed by atoms with Gasteiger partial charge in [-0.25, -0.2) is 9.37 Å².